The van der Waals surface area contributed by atoms with Gasteiger partial charge in [-0.15, -0.1) is 0 Å². The molecule has 0 aliphatic heterocycles. The second-order valence-corrected chi connectivity index (χ2v) is 3.01. The van der Waals surface area contributed by atoms with Gasteiger partial charge in [-0.1, -0.05) is 19.9 Å². The van der Waals surface area contributed by atoms with Gasteiger partial charge in [0.25, 0.3) is 0 Å². The third kappa shape index (κ3) is 7.54. The Morgan fingerprint density at radius 3 is 2.40 bits per heavy atom. The highest BCUT2D eigenvalue weighted by Crippen LogP contribution is 2.06. The first-order valence-corrected chi connectivity index (χ1v) is 4.85. The summed E-state index contributed by atoms with van der Waals surface area (Å²) in [5, 5.41) is 0. The summed E-state index contributed by atoms with van der Waals surface area (Å²) in [5.74, 6) is -0.448. The summed E-state index contributed by atoms with van der Waals surface area (Å²) in [6.45, 7) is 5.61. The van der Waals surface area contributed by atoms with Crippen LogP contribution in [0.2, 0.25) is 0 Å². The molecule has 0 saturated carbocycles. The van der Waals surface area contributed by atoms with Crippen molar-refractivity contribution in [1.82, 2.24) is 0 Å². The number of carbonyl (C=O) groups excluding carboxylic acids is 2. The van der Waals surface area contributed by atoms with E-state index in [4.69, 9.17) is 10.5 Å². The monoisotopic (exact) mass is 215 g/mol. The fourth-order valence-electron chi connectivity index (χ4n) is 0.871. The zero-order valence-electron chi connectivity index (χ0n) is 8.95. The van der Waals surface area contributed by atoms with Gasteiger partial charge >= 0.3 is 12.1 Å². The zero-order valence-corrected chi connectivity index (χ0v) is 8.95. The molecule has 5 nitrogen and oxygen atoms in total. The Labute approximate surface area is 89.2 Å². The van der Waals surface area contributed by atoms with Gasteiger partial charge in [-0.2, -0.15) is 0 Å². The average molecular weight is 215 g/mol. The van der Waals surface area contributed by atoms with Crippen molar-refractivity contribution >= 4 is 12.1 Å². The number of carbonyl (C=O) groups is 2. The maximum atomic E-state index is 11.2. The number of nitrogens with two attached hydrogens (primary N) is 1. The van der Waals surface area contributed by atoms with Crippen molar-refractivity contribution in [2.75, 3.05) is 13.2 Å². The van der Waals surface area contributed by atoms with E-state index in [2.05, 4.69) is 11.3 Å². The van der Waals surface area contributed by atoms with Crippen molar-refractivity contribution in [3.05, 3.63) is 12.2 Å². The highest BCUT2D eigenvalue weighted by atomic mass is 16.6. The molecule has 0 atom stereocenters. The van der Waals surface area contributed by atoms with Crippen LogP contribution >= 0.6 is 0 Å². The topological polar surface area (TPSA) is 78.6 Å². The van der Waals surface area contributed by atoms with Gasteiger partial charge in [0.2, 0.25) is 0 Å². The Morgan fingerprint density at radius 1 is 1.27 bits per heavy atom. The molecule has 2 N–H and O–H groups in total. The summed E-state index contributed by atoms with van der Waals surface area (Å²) in [4.78, 5) is 21.4. The Morgan fingerprint density at radius 2 is 1.87 bits per heavy atom. The first-order valence-electron chi connectivity index (χ1n) is 4.85. The quantitative estimate of drug-likeness (QED) is 0.395. The van der Waals surface area contributed by atoms with Crippen molar-refractivity contribution in [3.63, 3.8) is 0 Å². The number of primary amides is 1. The van der Waals surface area contributed by atoms with Crippen LogP contribution in [0.3, 0.4) is 0 Å². The lowest BCUT2D eigenvalue weighted by Crippen LogP contribution is -2.18. The Bertz CT molecular complexity index is 238. The summed E-state index contributed by atoms with van der Waals surface area (Å²) >= 11 is 0. The molecule has 15 heavy (non-hydrogen) atoms. The van der Waals surface area contributed by atoms with E-state index in [0.717, 1.165) is 12.8 Å². The molecule has 0 aliphatic carbocycles. The van der Waals surface area contributed by atoms with Crippen LogP contribution in [0.15, 0.2) is 12.2 Å². The number of unbranched alkanes of at least 4 members (excludes halogenated alkanes) is 1. The maximum Gasteiger partial charge on any atom is 0.404 e. The van der Waals surface area contributed by atoms with Gasteiger partial charge in [0.15, 0.2) is 0 Å². The molecule has 0 unspecified atom stereocenters. The molecule has 0 aromatic carbocycles. The third-order valence-corrected chi connectivity index (χ3v) is 1.68. The molecule has 0 radical (unpaired) electrons. The van der Waals surface area contributed by atoms with Crippen LogP contribution in [0.25, 0.3) is 0 Å². The fraction of sp³-hybridized carbons (Fsp3) is 0.600. The smallest absolute Gasteiger partial charge is 0.404 e. The van der Waals surface area contributed by atoms with E-state index < -0.39 is 12.1 Å². The second kappa shape index (κ2) is 7.84. The SMILES string of the molecule is C=C(CCCC)C(=O)OCCOC(N)=O. The summed E-state index contributed by atoms with van der Waals surface area (Å²) in [6.07, 6.45) is 1.66. The van der Waals surface area contributed by atoms with Crippen molar-refractivity contribution < 1.29 is 19.1 Å². The Kier molecular flexibility index (Phi) is 7.05. The van der Waals surface area contributed by atoms with Gasteiger partial charge in [-0.25, -0.2) is 9.59 Å². The largest absolute Gasteiger partial charge is 0.459 e. The molecule has 5 heteroatoms. The van der Waals surface area contributed by atoms with Crippen molar-refractivity contribution in [3.8, 4) is 0 Å². The van der Waals surface area contributed by atoms with Crippen LogP contribution in [-0.2, 0) is 14.3 Å². The van der Waals surface area contributed by atoms with Gasteiger partial charge in [0, 0.05) is 5.57 Å². The van der Waals surface area contributed by atoms with E-state index >= 15 is 0 Å². The number of esters is 1. The van der Waals surface area contributed by atoms with Gasteiger partial charge in [-0.3, -0.25) is 0 Å². The number of hydrogen-bond donors (Lipinski definition) is 1. The maximum absolute atomic E-state index is 11.2. The van der Waals surface area contributed by atoms with Gasteiger partial charge in [0.1, 0.15) is 13.2 Å². The fourth-order valence-corrected chi connectivity index (χ4v) is 0.871. The molecule has 0 aliphatic rings. The molecule has 0 aromatic heterocycles. The predicted molar refractivity (Wildman–Crippen MR) is 55.2 cm³/mol. The lowest BCUT2D eigenvalue weighted by atomic mass is 10.1. The van der Waals surface area contributed by atoms with Crippen molar-refractivity contribution in [1.29, 1.82) is 0 Å². The number of amides is 1. The molecule has 0 fully saturated rings. The van der Waals surface area contributed by atoms with Crippen LogP contribution in [0.4, 0.5) is 4.79 Å². The minimum atomic E-state index is -0.879. The van der Waals surface area contributed by atoms with Gasteiger partial charge < -0.3 is 15.2 Å². The van der Waals surface area contributed by atoms with E-state index in [1.165, 1.54) is 0 Å². The number of rotatable bonds is 7. The summed E-state index contributed by atoms with van der Waals surface area (Å²) in [7, 11) is 0. The van der Waals surface area contributed by atoms with Gasteiger partial charge in [0.05, 0.1) is 0 Å². The van der Waals surface area contributed by atoms with Crippen LogP contribution in [0.5, 0.6) is 0 Å². The van der Waals surface area contributed by atoms with E-state index in [1.54, 1.807) is 0 Å². The summed E-state index contributed by atoms with van der Waals surface area (Å²) in [6, 6.07) is 0. The molecule has 86 valence electrons. The van der Waals surface area contributed by atoms with Crippen molar-refractivity contribution in [2.45, 2.75) is 26.2 Å². The molecule has 0 aromatic rings. The molecule has 0 saturated heterocycles. The lowest BCUT2D eigenvalue weighted by molar-refractivity contribution is -0.140. The Balaban J connectivity index is 3.55. The van der Waals surface area contributed by atoms with Crippen LogP contribution < -0.4 is 5.73 Å². The number of hydrogen-bond acceptors (Lipinski definition) is 4. The van der Waals surface area contributed by atoms with Crippen molar-refractivity contribution in [2.24, 2.45) is 5.73 Å². The highest BCUT2D eigenvalue weighted by Gasteiger charge is 2.07. The minimum Gasteiger partial charge on any atom is -0.459 e. The normalized spacial score (nSPS) is 9.40. The van der Waals surface area contributed by atoms with E-state index in [0.29, 0.717) is 12.0 Å². The van der Waals surface area contributed by atoms with E-state index in [9.17, 15) is 9.59 Å². The van der Waals surface area contributed by atoms with Gasteiger partial charge in [-0.05, 0) is 12.8 Å². The summed E-state index contributed by atoms with van der Waals surface area (Å²) in [5.41, 5.74) is 5.16. The first-order chi connectivity index (χ1) is 7.07. The second-order valence-electron chi connectivity index (χ2n) is 3.01. The van der Waals surface area contributed by atoms with Crippen LogP contribution in [0.1, 0.15) is 26.2 Å². The molecule has 0 bridgehead atoms. The minimum absolute atomic E-state index is 0.00686. The lowest BCUT2D eigenvalue weighted by Gasteiger charge is -2.06. The van der Waals surface area contributed by atoms with E-state index in [-0.39, 0.29) is 13.2 Å². The third-order valence-electron chi connectivity index (χ3n) is 1.68. The number of ether oxygens (including phenoxy) is 2. The highest BCUT2D eigenvalue weighted by molar-refractivity contribution is 5.87. The summed E-state index contributed by atoms with van der Waals surface area (Å²) < 4.78 is 9.17. The first kappa shape index (κ1) is 13.5. The Hall–Kier alpha value is -1.52. The molecular formula is C10H17NO4. The zero-order chi connectivity index (χ0) is 11.7. The average Bonchev–Trinajstić information content (AvgIpc) is 2.20. The molecule has 0 rings (SSSR count). The molecule has 0 heterocycles. The molecular weight excluding hydrogens is 198 g/mol. The molecule has 0 spiro atoms. The molecule has 1 amide bonds. The predicted octanol–water partition coefficient (Wildman–Crippen LogP) is 1.37. The van der Waals surface area contributed by atoms with Crippen LogP contribution in [-0.4, -0.2) is 25.3 Å². The van der Waals surface area contributed by atoms with E-state index in [1.807, 2.05) is 6.92 Å². The standard InChI is InChI=1S/C10H17NO4/c1-3-4-5-8(2)9(12)14-6-7-15-10(11)13/h2-7H2,1H3,(H2,11,13). The van der Waals surface area contributed by atoms with Crippen LogP contribution in [0, 0.1) is 0 Å².